The van der Waals surface area contributed by atoms with Crippen molar-refractivity contribution in [2.75, 3.05) is 0 Å². The Bertz CT molecular complexity index is 961. The van der Waals surface area contributed by atoms with E-state index >= 15 is 0 Å². The molecule has 0 radical (unpaired) electrons. The first kappa shape index (κ1) is 13.5. The number of hydrogen-bond donors (Lipinski definition) is 1. The number of hydrogen-bond acceptors (Lipinski definition) is 1. The predicted octanol–water partition coefficient (Wildman–Crippen LogP) is 5.56. The SMILES string of the molecule is c1ccc2c(c1)[nH]c1ccccc12.c1ccc2cnccc2c1. The number of aromatic nitrogens is 2. The van der Waals surface area contributed by atoms with Gasteiger partial charge in [-0.25, -0.2) is 0 Å². The Morgan fingerprint density at radius 2 is 1.13 bits per heavy atom. The van der Waals surface area contributed by atoms with Crippen LogP contribution in [0.1, 0.15) is 0 Å². The van der Waals surface area contributed by atoms with E-state index < -0.39 is 0 Å². The van der Waals surface area contributed by atoms with Gasteiger partial charge in [-0.1, -0.05) is 60.7 Å². The molecule has 0 fully saturated rings. The molecule has 0 aliphatic rings. The van der Waals surface area contributed by atoms with Crippen molar-refractivity contribution in [1.82, 2.24) is 9.97 Å². The minimum Gasteiger partial charge on any atom is -0.355 e. The number of para-hydroxylation sites is 2. The standard InChI is InChI=1S/C12H9N.C9H7N/c1-3-7-11-9(5-1)10-6-2-4-8-12(10)13-11;1-2-4-9-7-10-6-5-8(9)3-1/h1-8,13H;1-7H. The third kappa shape index (κ3) is 2.67. The summed E-state index contributed by atoms with van der Waals surface area (Å²) in [6.45, 7) is 0. The molecule has 0 amide bonds. The fraction of sp³-hybridized carbons (Fsp3) is 0. The van der Waals surface area contributed by atoms with Gasteiger partial charge in [-0.2, -0.15) is 0 Å². The molecule has 0 bridgehead atoms. The molecule has 3 aromatic carbocycles. The molecule has 0 atom stereocenters. The molecule has 2 heterocycles. The third-order valence-corrected chi connectivity index (χ3v) is 3.96. The van der Waals surface area contributed by atoms with Gasteiger partial charge in [0.1, 0.15) is 0 Å². The van der Waals surface area contributed by atoms with E-state index in [9.17, 15) is 0 Å². The van der Waals surface area contributed by atoms with Crippen LogP contribution in [0, 0.1) is 0 Å². The van der Waals surface area contributed by atoms with Crippen molar-refractivity contribution in [3.05, 3.63) is 91.3 Å². The monoisotopic (exact) mass is 296 g/mol. The smallest absolute Gasteiger partial charge is 0.0464 e. The zero-order valence-corrected chi connectivity index (χ0v) is 12.6. The first-order valence-corrected chi connectivity index (χ1v) is 7.66. The molecule has 2 heteroatoms. The van der Waals surface area contributed by atoms with Gasteiger partial charge < -0.3 is 4.98 Å². The zero-order chi connectivity index (χ0) is 15.5. The summed E-state index contributed by atoms with van der Waals surface area (Å²) in [5.74, 6) is 0. The molecule has 2 nitrogen and oxygen atoms in total. The first-order chi connectivity index (χ1) is 11.4. The van der Waals surface area contributed by atoms with Crippen molar-refractivity contribution in [1.29, 1.82) is 0 Å². The van der Waals surface area contributed by atoms with E-state index in [1.807, 2.05) is 30.6 Å². The van der Waals surface area contributed by atoms with Crippen molar-refractivity contribution in [3.8, 4) is 0 Å². The number of nitrogens with zero attached hydrogens (tertiary/aromatic N) is 1. The maximum Gasteiger partial charge on any atom is 0.0464 e. The maximum absolute atomic E-state index is 4.01. The highest BCUT2D eigenvalue weighted by atomic mass is 14.7. The van der Waals surface area contributed by atoms with Gasteiger partial charge in [0.25, 0.3) is 0 Å². The van der Waals surface area contributed by atoms with Crippen molar-refractivity contribution in [3.63, 3.8) is 0 Å². The Morgan fingerprint density at radius 1 is 0.565 bits per heavy atom. The van der Waals surface area contributed by atoms with Crippen molar-refractivity contribution < 1.29 is 0 Å². The number of H-pyrrole nitrogens is 1. The van der Waals surface area contributed by atoms with E-state index in [0.717, 1.165) is 0 Å². The van der Waals surface area contributed by atoms with E-state index in [-0.39, 0.29) is 0 Å². The summed E-state index contributed by atoms with van der Waals surface area (Å²) in [7, 11) is 0. The van der Waals surface area contributed by atoms with Gasteiger partial charge in [0.05, 0.1) is 0 Å². The van der Waals surface area contributed by atoms with Crippen LogP contribution in [0.25, 0.3) is 32.6 Å². The van der Waals surface area contributed by atoms with Gasteiger partial charge in [0.15, 0.2) is 0 Å². The second kappa shape index (κ2) is 5.93. The summed E-state index contributed by atoms with van der Waals surface area (Å²) >= 11 is 0. The van der Waals surface area contributed by atoms with Gasteiger partial charge in [-0.3, -0.25) is 4.98 Å². The molecule has 110 valence electrons. The lowest BCUT2D eigenvalue weighted by Crippen LogP contribution is -1.71. The summed E-state index contributed by atoms with van der Waals surface area (Å²) < 4.78 is 0. The van der Waals surface area contributed by atoms with Crippen molar-refractivity contribution >= 4 is 32.6 Å². The number of fused-ring (bicyclic) bond motifs is 4. The molecule has 2 aromatic heterocycles. The Kier molecular flexibility index (Phi) is 3.49. The topological polar surface area (TPSA) is 28.7 Å². The molecule has 0 unspecified atom stereocenters. The molecule has 23 heavy (non-hydrogen) atoms. The summed E-state index contributed by atoms with van der Waals surface area (Å²) in [6, 6.07) is 27.0. The summed E-state index contributed by atoms with van der Waals surface area (Å²) in [4.78, 5) is 7.39. The van der Waals surface area contributed by atoms with Gasteiger partial charge in [0, 0.05) is 34.2 Å². The van der Waals surface area contributed by atoms with Crippen molar-refractivity contribution in [2.24, 2.45) is 0 Å². The summed E-state index contributed by atoms with van der Waals surface area (Å²) in [6.07, 6.45) is 3.68. The Labute approximate surface area is 134 Å². The fourth-order valence-corrected chi connectivity index (χ4v) is 2.83. The Morgan fingerprint density at radius 3 is 1.78 bits per heavy atom. The Balaban J connectivity index is 0.000000122. The van der Waals surface area contributed by atoms with Crippen LogP contribution in [0.2, 0.25) is 0 Å². The quantitative estimate of drug-likeness (QED) is 0.398. The number of rotatable bonds is 0. The van der Waals surface area contributed by atoms with Gasteiger partial charge in [-0.15, -0.1) is 0 Å². The first-order valence-electron chi connectivity index (χ1n) is 7.66. The minimum atomic E-state index is 1.20. The van der Waals surface area contributed by atoms with Crippen LogP contribution in [0.4, 0.5) is 0 Å². The van der Waals surface area contributed by atoms with Gasteiger partial charge >= 0.3 is 0 Å². The van der Waals surface area contributed by atoms with Crippen LogP contribution in [-0.4, -0.2) is 9.97 Å². The lowest BCUT2D eigenvalue weighted by Gasteiger charge is -1.91. The molecular weight excluding hydrogens is 280 g/mol. The van der Waals surface area contributed by atoms with Crippen LogP contribution >= 0.6 is 0 Å². The van der Waals surface area contributed by atoms with E-state index in [1.165, 1.54) is 32.6 Å². The molecule has 0 saturated heterocycles. The Hall–Kier alpha value is -3.13. The molecule has 5 rings (SSSR count). The van der Waals surface area contributed by atoms with E-state index in [4.69, 9.17) is 0 Å². The van der Waals surface area contributed by atoms with Gasteiger partial charge in [0.2, 0.25) is 0 Å². The lowest BCUT2D eigenvalue weighted by molar-refractivity contribution is 1.36. The summed E-state index contributed by atoms with van der Waals surface area (Å²) in [5.41, 5.74) is 2.42. The molecular formula is C21H16N2. The second-order valence-corrected chi connectivity index (χ2v) is 5.44. The number of aromatic amines is 1. The highest BCUT2D eigenvalue weighted by Gasteiger charge is 2.00. The van der Waals surface area contributed by atoms with Crippen LogP contribution in [0.5, 0.6) is 0 Å². The summed E-state index contributed by atoms with van der Waals surface area (Å²) in [5, 5.41) is 5.05. The number of nitrogens with one attached hydrogen (secondary N) is 1. The molecule has 5 aromatic rings. The molecule has 0 spiro atoms. The molecule has 0 aliphatic carbocycles. The minimum absolute atomic E-state index is 1.20. The van der Waals surface area contributed by atoms with Crippen LogP contribution in [0.3, 0.4) is 0 Å². The molecule has 0 saturated carbocycles. The molecule has 0 aliphatic heterocycles. The normalized spacial score (nSPS) is 10.6. The van der Waals surface area contributed by atoms with Crippen LogP contribution in [0.15, 0.2) is 91.3 Å². The second-order valence-electron chi connectivity index (χ2n) is 5.44. The predicted molar refractivity (Wildman–Crippen MR) is 97.5 cm³/mol. The van der Waals surface area contributed by atoms with E-state index in [1.54, 1.807) is 0 Å². The average molecular weight is 296 g/mol. The lowest BCUT2D eigenvalue weighted by atomic mass is 10.2. The van der Waals surface area contributed by atoms with E-state index in [2.05, 4.69) is 70.6 Å². The van der Waals surface area contributed by atoms with Crippen LogP contribution in [-0.2, 0) is 0 Å². The molecule has 1 N–H and O–H groups in total. The highest BCUT2D eigenvalue weighted by molar-refractivity contribution is 6.06. The number of benzene rings is 3. The number of pyridine rings is 1. The maximum atomic E-state index is 4.01. The van der Waals surface area contributed by atoms with Crippen molar-refractivity contribution in [2.45, 2.75) is 0 Å². The zero-order valence-electron chi connectivity index (χ0n) is 12.6. The van der Waals surface area contributed by atoms with Gasteiger partial charge in [-0.05, 0) is 29.0 Å². The average Bonchev–Trinajstić information content (AvgIpc) is 3.01. The van der Waals surface area contributed by atoms with Crippen LogP contribution < -0.4 is 0 Å². The van der Waals surface area contributed by atoms with E-state index in [0.29, 0.717) is 0 Å². The highest BCUT2D eigenvalue weighted by Crippen LogP contribution is 2.24. The largest absolute Gasteiger partial charge is 0.355 e. The fourth-order valence-electron chi connectivity index (χ4n) is 2.83. The third-order valence-electron chi connectivity index (χ3n) is 3.96.